The molecule has 5 nitrogen and oxygen atoms in total. The standard InChI is InChI=1S/C15H21BrN4O/c1-4-11-9-17-6-5-12(11)15(21)14-13(16)10-18-20(14)8-7-19(2)3/h5-6,9-10,15,21H,4,7-8H2,1-3H3. The van der Waals surface area contributed by atoms with Crippen LogP contribution in [0.1, 0.15) is 29.8 Å². The summed E-state index contributed by atoms with van der Waals surface area (Å²) in [5.41, 5.74) is 2.73. The van der Waals surface area contributed by atoms with Crippen LogP contribution in [-0.4, -0.2) is 45.4 Å². The summed E-state index contributed by atoms with van der Waals surface area (Å²) in [7, 11) is 4.04. The minimum absolute atomic E-state index is 0.706. The zero-order valence-corrected chi connectivity index (χ0v) is 14.2. The molecule has 0 aliphatic heterocycles. The minimum atomic E-state index is -0.706. The van der Waals surface area contributed by atoms with Gasteiger partial charge in [0.2, 0.25) is 0 Å². The first-order valence-corrected chi connectivity index (χ1v) is 7.80. The first-order valence-electron chi connectivity index (χ1n) is 7.01. The Bertz CT molecular complexity index is 597. The SMILES string of the molecule is CCc1cnccc1C(O)c1c(Br)cnn1CCN(C)C. The van der Waals surface area contributed by atoms with Crippen molar-refractivity contribution in [2.75, 3.05) is 20.6 Å². The molecule has 0 radical (unpaired) electrons. The predicted molar refractivity (Wildman–Crippen MR) is 86.2 cm³/mol. The fourth-order valence-electron chi connectivity index (χ4n) is 2.26. The predicted octanol–water partition coefficient (Wildman–Crippen LogP) is 2.25. The van der Waals surface area contributed by atoms with Gasteiger partial charge in [-0.05, 0) is 53.6 Å². The normalized spacial score (nSPS) is 12.9. The Kier molecular flexibility index (Phi) is 5.50. The number of aromatic nitrogens is 3. The highest BCUT2D eigenvalue weighted by molar-refractivity contribution is 9.10. The number of hydrogen-bond donors (Lipinski definition) is 1. The Balaban J connectivity index is 2.34. The summed E-state index contributed by atoms with van der Waals surface area (Å²) in [5, 5.41) is 15.1. The topological polar surface area (TPSA) is 54.2 Å². The van der Waals surface area contributed by atoms with E-state index in [9.17, 15) is 5.11 Å². The Morgan fingerprint density at radius 1 is 1.38 bits per heavy atom. The van der Waals surface area contributed by atoms with Crippen molar-refractivity contribution in [2.24, 2.45) is 0 Å². The maximum absolute atomic E-state index is 10.8. The van der Waals surface area contributed by atoms with Crippen molar-refractivity contribution in [3.63, 3.8) is 0 Å². The Labute approximate surface area is 133 Å². The lowest BCUT2D eigenvalue weighted by Gasteiger charge is -2.18. The quantitative estimate of drug-likeness (QED) is 0.866. The van der Waals surface area contributed by atoms with E-state index in [-0.39, 0.29) is 0 Å². The van der Waals surface area contributed by atoms with Gasteiger partial charge in [0, 0.05) is 18.9 Å². The first kappa shape index (κ1) is 16.1. The van der Waals surface area contributed by atoms with E-state index < -0.39 is 6.10 Å². The Morgan fingerprint density at radius 3 is 2.81 bits per heavy atom. The van der Waals surface area contributed by atoms with Gasteiger partial charge in [0.05, 0.1) is 22.9 Å². The molecule has 1 atom stereocenters. The fraction of sp³-hybridized carbons (Fsp3) is 0.467. The molecule has 0 saturated carbocycles. The van der Waals surface area contributed by atoms with E-state index >= 15 is 0 Å². The molecule has 1 N–H and O–H groups in total. The summed E-state index contributed by atoms with van der Waals surface area (Å²) in [5.74, 6) is 0. The third-order valence-electron chi connectivity index (χ3n) is 3.47. The zero-order chi connectivity index (χ0) is 15.4. The number of nitrogens with zero attached hydrogens (tertiary/aromatic N) is 4. The number of aliphatic hydroxyl groups excluding tert-OH is 1. The molecular weight excluding hydrogens is 332 g/mol. The molecule has 2 rings (SSSR count). The molecule has 21 heavy (non-hydrogen) atoms. The molecule has 0 aromatic carbocycles. The van der Waals surface area contributed by atoms with E-state index in [1.165, 1.54) is 0 Å². The molecule has 0 amide bonds. The van der Waals surface area contributed by atoms with E-state index in [0.717, 1.165) is 40.8 Å². The van der Waals surface area contributed by atoms with Crippen LogP contribution in [0.3, 0.4) is 0 Å². The summed E-state index contributed by atoms with van der Waals surface area (Å²) < 4.78 is 2.68. The summed E-state index contributed by atoms with van der Waals surface area (Å²) in [6.07, 6.45) is 5.39. The molecule has 0 aliphatic carbocycles. The monoisotopic (exact) mass is 352 g/mol. The highest BCUT2D eigenvalue weighted by atomic mass is 79.9. The van der Waals surface area contributed by atoms with Crippen LogP contribution >= 0.6 is 15.9 Å². The van der Waals surface area contributed by atoms with Crippen molar-refractivity contribution in [1.82, 2.24) is 19.7 Å². The van der Waals surface area contributed by atoms with E-state index in [4.69, 9.17) is 0 Å². The largest absolute Gasteiger partial charge is 0.382 e. The maximum Gasteiger partial charge on any atom is 0.122 e. The second-order valence-corrected chi connectivity index (χ2v) is 6.09. The van der Waals surface area contributed by atoms with Crippen molar-refractivity contribution in [1.29, 1.82) is 0 Å². The third-order valence-corrected chi connectivity index (χ3v) is 4.08. The summed E-state index contributed by atoms with van der Waals surface area (Å²) in [6, 6.07) is 1.87. The van der Waals surface area contributed by atoms with Gasteiger partial charge in [0.15, 0.2) is 0 Å². The number of halogens is 1. The van der Waals surface area contributed by atoms with Gasteiger partial charge in [-0.25, -0.2) is 0 Å². The second-order valence-electron chi connectivity index (χ2n) is 5.23. The van der Waals surface area contributed by atoms with Crippen LogP contribution in [0.2, 0.25) is 0 Å². The number of likely N-dealkylation sites (N-methyl/N-ethyl adjacent to an activating group) is 1. The lowest BCUT2D eigenvalue weighted by Crippen LogP contribution is -2.21. The van der Waals surface area contributed by atoms with Gasteiger partial charge >= 0.3 is 0 Å². The average Bonchev–Trinajstić information content (AvgIpc) is 2.85. The zero-order valence-electron chi connectivity index (χ0n) is 12.6. The van der Waals surface area contributed by atoms with Crippen LogP contribution in [0.25, 0.3) is 0 Å². The van der Waals surface area contributed by atoms with Crippen molar-refractivity contribution >= 4 is 15.9 Å². The number of rotatable bonds is 6. The molecule has 2 aromatic heterocycles. The highest BCUT2D eigenvalue weighted by Crippen LogP contribution is 2.30. The number of pyridine rings is 1. The molecule has 2 aromatic rings. The van der Waals surface area contributed by atoms with Gasteiger partial charge in [-0.3, -0.25) is 9.67 Å². The molecule has 2 heterocycles. The third kappa shape index (κ3) is 3.70. The van der Waals surface area contributed by atoms with Crippen molar-refractivity contribution in [3.8, 4) is 0 Å². The summed E-state index contributed by atoms with van der Waals surface area (Å²) >= 11 is 3.50. The van der Waals surface area contributed by atoms with E-state index in [1.54, 1.807) is 12.4 Å². The summed E-state index contributed by atoms with van der Waals surface area (Å²) in [6.45, 7) is 3.66. The molecule has 6 heteroatoms. The van der Waals surface area contributed by atoms with Gasteiger partial charge < -0.3 is 10.0 Å². The molecule has 0 spiro atoms. The van der Waals surface area contributed by atoms with Crippen molar-refractivity contribution in [2.45, 2.75) is 26.0 Å². The van der Waals surface area contributed by atoms with Crippen LogP contribution in [0, 0.1) is 0 Å². The molecule has 0 fully saturated rings. The van der Waals surface area contributed by atoms with Gasteiger partial charge in [0.1, 0.15) is 6.10 Å². The number of hydrogen-bond acceptors (Lipinski definition) is 4. The van der Waals surface area contributed by atoms with Gasteiger partial charge in [-0.15, -0.1) is 0 Å². The second kappa shape index (κ2) is 7.15. The Morgan fingerprint density at radius 2 is 2.14 bits per heavy atom. The van der Waals surface area contributed by atoms with E-state index in [1.807, 2.05) is 31.0 Å². The number of aliphatic hydroxyl groups is 1. The van der Waals surface area contributed by atoms with Crippen LogP contribution < -0.4 is 0 Å². The number of aryl methyl sites for hydroxylation is 1. The smallest absolute Gasteiger partial charge is 0.122 e. The molecule has 1 unspecified atom stereocenters. The average molecular weight is 353 g/mol. The molecule has 0 aliphatic rings. The van der Waals surface area contributed by atoms with Crippen LogP contribution in [0.5, 0.6) is 0 Å². The molecule has 0 bridgehead atoms. The van der Waals surface area contributed by atoms with Gasteiger partial charge in [-0.2, -0.15) is 5.10 Å². The Hall–Kier alpha value is -1.24. The molecule has 0 saturated heterocycles. The van der Waals surface area contributed by atoms with Crippen molar-refractivity contribution in [3.05, 3.63) is 46.0 Å². The first-order chi connectivity index (χ1) is 10.0. The van der Waals surface area contributed by atoms with Crippen LogP contribution in [-0.2, 0) is 13.0 Å². The minimum Gasteiger partial charge on any atom is -0.382 e. The fourth-order valence-corrected chi connectivity index (χ4v) is 2.78. The lowest BCUT2D eigenvalue weighted by molar-refractivity contribution is 0.203. The van der Waals surface area contributed by atoms with Crippen LogP contribution in [0.15, 0.2) is 29.1 Å². The van der Waals surface area contributed by atoms with Crippen LogP contribution in [0.4, 0.5) is 0 Å². The summed E-state index contributed by atoms with van der Waals surface area (Å²) in [4.78, 5) is 6.23. The molecule has 114 valence electrons. The van der Waals surface area contributed by atoms with E-state index in [2.05, 4.69) is 37.8 Å². The molecular formula is C15H21BrN4O. The van der Waals surface area contributed by atoms with Gasteiger partial charge in [-0.1, -0.05) is 6.92 Å². The van der Waals surface area contributed by atoms with Crippen molar-refractivity contribution < 1.29 is 5.11 Å². The highest BCUT2D eigenvalue weighted by Gasteiger charge is 2.21. The lowest BCUT2D eigenvalue weighted by atomic mass is 10.0. The van der Waals surface area contributed by atoms with E-state index in [0.29, 0.717) is 0 Å². The maximum atomic E-state index is 10.8. The van der Waals surface area contributed by atoms with Gasteiger partial charge in [0.25, 0.3) is 0 Å².